The zero-order chi connectivity index (χ0) is 18.1. The molecular weight excluding hydrogens is 320 g/mol. The summed E-state index contributed by atoms with van der Waals surface area (Å²) >= 11 is 0. The van der Waals surface area contributed by atoms with E-state index in [1.165, 1.54) is 13.2 Å². The summed E-state index contributed by atoms with van der Waals surface area (Å²) in [7, 11) is 1.25. The molecule has 0 aliphatic carbocycles. The molecule has 0 amide bonds. The molecule has 3 atom stereocenters. The smallest absolute Gasteiger partial charge is 0.322 e. The number of rotatable bonds is 3. The third-order valence-electron chi connectivity index (χ3n) is 3.77. The van der Waals surface area contributed by atoms with Gasteiger partial charge in [-0.05, 0) is 44.9 Å². The van der Waals surface area contributed by atoms with Crippen molar-refractivity contribution in [3.8, 4) is 0 Å². The molecule has 1 aliphatic rings. The minimum atomic E-state index is -1.02. The highest BCUT2D eigenvalue weighted by Gasteiger charge is 2.44. The van der Waals surface area contributed by atoms with E-state index in [0.717, 1.165) is 12.1 Å². The van der Waals surface area contributed by atoms with Crippen molar-refractivity contribution < 1.29 is 27.8 Å². The first kappa shape index (κ1) is 18.3. The zero-order valence-electron chi connectivity index (χ0n) is 14.1. The minimum Gasteiger partial charge on any atom is -0.468 e. The summed E-state index contributed by atoms with van der Waals surface area (Å²) in [5.74, 6) is -3.73. The van der Waals surface area contributed by atoms with Gasteiger partial charge in [0.15, 0.2) is 11.6 Å². The van der Waals surface area contributed by atoms with Gasteiger partial charge in [0.1, 0.15) is 11.6 Å². The Morgan fingerprint density at radius 3 is 2.38 bits per heavy atom. The number of halogens is 2. The SMILES string of the molecule is COC(=O)[C@@H]1C[C@@H](C(=O)OC(C)(C)C)[C@H](c2ccc(F)c(F)c2)N1. The van der Waals surface area contributed by atoms with E-state index in [1.54, 1.807) is 20.8 Å². The summed E-state index contributed by atoms with van der Waals surface area (Å²) in [5.41, 5.74) is -0.324. The number of methoxy groups -OCH3 is 1. The van der Waals surface area contributed by atoms with Gasteiger partial charge < -0.3 is 9.47 Å². The topological polar surface area (TPSA) is 64.6 Å². The highest BCUT2D eigenvalue weighted by Crippen LogP contribution is 2.35. The molecule has 0 spiro atoms. The third-order valence-corrected chi connectivity index (χ3v) is 3.77. The van der Waals surface area contributed by atoms with Crippen LogP contribution in [0.25, 0.3) is 0 Å². The summed E-state index contributed by atoms with van der Waals surface area (Å²) in [6.45, 7) is 5.20. The van der Waals surface area contributed by atoms with E-state index in [4.69, 9.17) is 9.47 Å². The number of ether oxygens (including phenoxy) is 2. The van der Waals surface area contributed by atoms with E-state index in [-0.39, 0.29) is 6.42 Å². The molecule has 5 nitrogen and oxygen atoms in total. The Balaban J connectivity index is 2.31. The Morgan fingerprint density at radius 2 is 1.83 bits per heavy atom. The van der Waals surface area contributed by atoms with Crippen molar-refractivity contribution >= 4 is 11.9 Å². The molecule has 0 saturated carbocycles. The largest absolute Gasteiger partial charge is 0.468 e. The molecule has 0 radical (unpaired) electrons. The predicted molar refractivity (Wildman–Crippen MR) is 82.0 cm³/mol. The van der Waals surface area contributed by atoms with Gasteiger partial charge in [-0.15, -0.1) is 0 Å². The van der Waals surface area contributed by atoms with Crippen LogP contribution in [0.3, 0.4) is 0 Å². The fourth-order valence-electron chi connectivity index (χ4n) is 2.74. The van der Waals surface area contributed by atoms with Crippen molar-refractivity contribution in [2.45, 2.75) is 44.9 Å². The maximum absolute atomic E-state index is 13.5. The molecular formula is C17H21F2NO4. The molecule has 1 aliphatic heterocycles. The summed E-state index contributed by atoms with van der Waals surface area (Å²) in [5, 5.41) is 2.96. The minimum absolute atomic E-state index is 0.158. The molecule has 0 unspecified atom stereocenters. The third kappa shape index (κ3) is 4.08. The second kappa shape index (κ2) is 6.84. The number of carbonyl (C=O) groups excluding carboxylic acids is 2. The van der Waals surface area contributed by atoms with Crippen LogP contribution in [-0.2, 0) is 19.1 Å². The monoisotopic (exact) mass is 341 g/mol. The lowest BCUT2D eigenvalue weighted by molar-refractivity contribution is -0.160. The van der Waals surface area contributed by atoms with Crippen molar-refractivity contribution in [1.29, 1.82) is 0 Å². The number of hydrogen-bond donors (Lipinski definition) is 1. The van der Waals surface area contributed by atoms with Crippen LogP contribution in [0.1, 0.15) is 38.8 Å². The Hall–Kier alpha value is -2.02. The molecule has 1 heterocycles. The second-order valence-electron chi connectivity index (χ2n) is 6.77. The first-order chi connectivity index (χ1) is 11.1. The van der Waals surface area contributed by atoms with Gasteiger partial charge in [0.2, 0.25) is 0 Å². The molecule has 1 fully saturated rings. The van der Waals surface area contributed by atoms with E-state index in [2.05, 4.69) is 5.32 Å². The molecule has 24 heavy (non-hydrogen) atoms. The van der Waals surface area contributed by atoms with Crippen molar-refractivity contribution in [1.82, 2.24) is 5.32 Å². The van der Waals surface area contributed by atoms with Gasteiger partial charge in [-0.1, -0.05) is 6.07 Å². The fourth-order valence-corrected chi connectivity index (χ4v) is 2.74. The van der Waals surface area contributed by atoms with Crippen LogP contribution in [-0.4, -0.2) is 30.7 Å². The van der Waals surface area contributed by atoms with Gasteiger partial charge in [0.05, 0.1) is 13.0 Å². The van der Waals surface area contributed by atoms with Gasteiger partial charge >= 0.3 is 11.9 Å². The molecule has 1 saturated heterocycles. The van der Waals surface area contributed by atoms with Crippen molar-refractivity contribution in [3.63, 3.8) is 0 Å². The van der Waals surface area contributed by atoms with E-state index in [0.29, 0.717) is 5.56 Å². The highest BCUT2D eigenvalue weighted by atomic mass is 19.2. The normalized spacial score (nSPS) is 23.8. The summed E-state index contributed by atoms with van der Waals surface area (Å²) in [4.78, 5) is 24.3. The van der Waals surface area contributed by atoms with Crippen LogP contribution >= 0.6 is 0 Å². The predicted octanol–water partition coefficient (Wildman–Crippen LogP) is 2.50. The Kier molecular flexibility index (Phi) is 5.22. The Bertz CT molecular complexity index is 642. The number of carbonyl (C=O) groups is 2. The number of nitrogens with one attached hydrogen (secondary N) is 1. The molecule has 0 aromatic heterocycles. The molecule has 0 bridgehead atoms. The van der Waals surface area contributed by atoms with Crippen LogP contribution in [0.5, 0.6) is 0 Å². The summed E-state index contributed by atoms with van der Waals surface area (Å²) in [6, 6.07) is 2.01. The molecule has 1 aromatic carbocycles. The van der Waals surface area contributed by atoms with Crippen molar-refractivity contribution in [2.75, 3.05) is 7.11 Å². The first-order valence-corrected chi connectivity index (χ1v) is 7.64. The lowest BCUT2D eigenvalue weighted by Gasteiger charge is -2.25. The van der Waals surface area contributed by atoms with Crippen LogP contribution < -0.4 is 5.32 Å². The van der Waals surface area contributed by atoms with Gasteiger partial charge in [-0.25, -0.2) is 8.78 Å². The van der Waals surface area contributed by atoms with Crippen LogP contribution in [0.4, 0.5) is 8.78 Å². The number of esters is 2. The quantitative estimate of drug-likeness (QED) is 0.856. The van der Waals surface area contributed by atoms with Crippen LogP contribution in [0.2, 0.25) is 0 Å². The highest BCUT2D eigenvalue weighted by molar-refractivity contribution is 5.80. The lowest BCUT2D eigenvalue weighted by atomic mass is 9.93. The number of hydrogen-bond acceptors (Lipinski definition) is 5. The Morgan fingerprint density at radius 1 is 1.17 bits per heavy atom. The summed E-state index contributed by atoms with van der Waals surface area (Å²) < 4.78 is 36.8. The van der Waals surface area contributed by atoms with Gasteiger partial charge in [0, 0.05) is 6.04 Å². The zero-order valence-corrected chi connectivity index (χ0v) is 14.1. The first-order valence-electron chi connectivity index (χ1n) is 7.64. The van der Waals surface area contributed by atoms with E-state index >= 15 is 0 Å². The van der Waals surface area contributed by atoms with Crippen LogP contribution in [0.15, 0.2) is 18.2 Å². The summed E-state index contributed by atoms with van der Waals surface area (Å²) in [6.07, 6.45) is 0.158. The fraction of sp³-hybridized carbons (Fsp3) is 0.529. The lowest BCUT2D eigenvalue weighted by Crippen LogP contribution is -2.34. The molecule has 1 N–H and O–H groups in total. The Labute approximate surface area is 139 Å². The van der Waals surface area contributed by atoms with E-state index in [1.807, 2.05) is 0 Å². The average Bonchev–Trinajstić information content (AvgIpc) is 2.93. The van der Waals surface area contributed by atoms with Crippen LogP contribution in [0, 0.1) is 17.6 Å². The molecule has 1 aromatic rings. The second-order valence-corrected chi connectivity index (χ2v) is 6.77. The molecule has 132 valence electrons. The number of benzene rings is 1. The van der Waals surface area contributed by atoms with Crippen molar-refractivity contribution in [3.05, 3.63) is 35.4 Å². The van der Waals surface area contributed by atoms with Gasteiger partial charge in [-0.2, -0.15) is 0 Å². The molecule has 7 heteroatoms. The average molecular weight is 341 g/mol. The van der Waals surface area contributed by atoms with Gasteiger partial charge in [-0.3, -0.25) is 14.9 Å². The standard InChI is InChI=1S/C17H21F2NO4/c1-17(2,3)24-15(21)10-8-13(16(22)23-4)20-14(10)9-5-6-11(18)12(19)7-9/h5-7,10,13-14,20H,8H2,1-4H3/t10-,13+,14+/m1/s1. The van der Waals surface area contributed by atoms with E-state index < -0.39 is 47.2 Å². The van der Waals surface area contributed by atoms with Gasteiger partial charge in [0.25, 0.3) is 0 Å². The van der Waals surface area contributed by atoms with E-state index in [9.17, 15) is 18.4 Å². The maximum Gasteiger partial charge on any atom is 0.322 e. The molecule has 2 rings (SSSR count). The maximum atomic E-state index is 13.5. The van der Waals surface area contributed by atoms with Crippen molar-refractivity contribution in [2.24, 2.45) is 5.92 Å².